The van der Waals surface area contributed by atoms with Gasteiger partial charge in [-0.3, -0.25) is 0 Å². The molecule has 0 atom stereocenters. The molecule has 0 aliphatic rings. The molecule has 2 N–H and O–H groups in total. The molecule has 0 bridgehead atoms. The van der Waals surface area contributed by atoms with E-state index in [0.29, 0.717) is 10.3 Å². The average Bonchev–Trinajstić information content (AvgIpc) is 1.78. The Bertz CT molecular complexity index is 308. The number of hydrogen-bond donors (Lipinski definition) is 1. The van der Waals surface area contributed by atoms with Gasteiger partial charge in [0.15, 0.2) is 0 Å². The first-order valence-electron chi connectivity index (χ1n) is 3.81. The summed E-state index contributed by atoms with van der Waals surface area (Å²) in [5.74, 6) is 0.100. The van der Waals surface area contributed by atoms with Crippen LogP contribution < -0.4 is 5.73 Å². The number of nitrogens with two attached hydrogens (primary N) is 1. The van der Waals surface area contributed by atoms with Crippen LogP contribution in [-0.4, -0.2) is 9.97 Å². The minimum Gasteiger partial charge on any atom is -0.368 e. The van der Waals surface area contributed by atoms with Crippen molar-refractivity contribution >= 4 is 29.2 Å². The Labute approximate surface area is 87.3 Å². The lowest BCUT2D eigenvalue weighted by atomic mass is 9.89. The number of nitrogens with zero attached hydrogens (tertiary/aromatic N) is 2. The maximum atomic E-state index is 5.90. The summed E-state index contributed by atoms with van der Waals surface area (Å²) >= 11 is 11.8. The summed E-state index contributed by atoms with van der Waals surface area (Å²) in [7, 11) is 0. The van der Waals surface area contributed by atoms with Crippen molar-refractivity contribution in [2.45, 2.75) is 26.2 Å². The molecule has 0 saturated heterocycles. The van der Waals surface area contributed by atoms with Gasteiger partial charge < -0.3 is 5.73 Å². The van der Waals surface area contributed by atoms with Crippen LogP contribution in [0.3, 0.4) is 0 Å². The lowest BCUT2D eigenvalue weighted by Crippen LogP contribution is -2.15. The van der Waals surface area contributed by atoms with Gasteiger partial charge in [0.1, 0.15) is 10.3 Å². The molecule has 0 aliphatic heterocycles. The van der Waals surface area contributed by atoms with E-state index >= 15 is 0 Å². The summed E-state index contributed by atoms with van der Waals surface area (Å²) in [6, 6.07) is 0. The van der Waals surface area contributed by atoms with Crippen molar-refractivity contribution in [3.8, 4) is 0 Å². The third-order valence-corrected chi connectivity index (χ3v) is 2.14. The molecular weight excluding hydrogens is 209 g/mol. The first-order valence-corrected chi connectivity index (χ1v) is 4.57. The highest BCUT2D eigenvalue weighted by atomic mass is 35.5. The van der Waals surface area contributed by atoms with Crippen molar-refractivity contribution in [3.05, 3.63) is 15.9 Å². The van der Waals surface area contributed by atoms with Crippen molar-refractivity contribution in [3.63, 3.8) is 0 Å². The standard InChI is InChI=1S/C8H11Cl2N3/c1-8(2,3)4-5(9)12-7(11)13-6(4)10/h1-3H3,(H2,11,12,13). The van der Waals surface area contributed by atoms with Gasteiger partial charge in [0.05, 0.1) is 0 Å². The molecule has 0 aromatic carbocycles. The number of rotatable bonds is 0. The van der Waals surface area contributed by atoms with Gasteiger partial charge in [-0.25, -0.2) is 9.97 Å². The van der Waals surface area contributed by atoms with Crippen LogP contribution in [0.15, 0.2) is 0 Å². The second-order valence-electron chi connectivity index (χ2n) is 3.79. The maximum Gasteiger partial charge on any atom is 0.222 e. The van der Waals surface area contributed by atoms with Crippen LogP contribution in [0.5, 0.6) is 0 Å². The number of anilines is 1. The molecule has 3 nitrogen and oxygen atoms in total. The van der Waals surface area contributed by atoms with Crippen LogP contribution in [0, 0.1) is 0 Å². The predicted octanol–water partition coefficient (Wildman–Crippen LogP) is 2.66. The summed E-state index contributed by atoms with van der Waals surface area (Å²) in [4.78, 5) is 7.70. The van der Waals surface area contributed by atoms with E-state index in [1.165, 1.54) is 0 Å². The molecule has 13 heavy (non-hydrogen) atoms. The summed E-state index contributed by atoms with van der Waals surface area (Å²) in [6.07, 6.45) is 0. The van der Waals surface area contributed by atoms with Crippen molar-refractivity contribution in [1.82, 2.24) is 9.97 Å². The summed E-state index contributed by atoms with van der Waals surface area (Å²) < 4.78 is 0. The second-order valence-corrected chi connectivity index (χ2v) is 4.50. The zero-order chi connectivity index (χ0) is 10.2. The molecule has 0 aliphatic carbocycles. The normalized spacial score (nSPS) is 11.8. The number of halogens is 2. The summed E-state index contributed by atoms with van der Waals surface area (Å²) in [5.41, 5.74) is 5.93. The van der Waals surface area contributed by atoms with Gasteiger partial charge >= 0.3 is 0 Å². The number of nitrogen functional groups attached to an aromatic ring is 1. The van der Waals surface area contributed by atoms with Gasteiger partial charge in [-0.05, 0) is 5.41 Å². The molecule has 0 saturated carbocycles. The minimum atomic E-state index is -0.179. The maximum absolute atomic E-state index is 5.90. The highest BCUT2D eigenvalue weighted by Crippen LogP contribution is 2.33. The molecule has 72 valence electrons. The van der Waals surface area contributed by atoms with E-state index in [9.17, 15) is 0 Å². The third-order valence-electron chi connectivity index (χ3n) is 1.59. The van der Waals surface area contributed by atoms with E-state index in [1.807, 2.05) is 20.8 Å². The molecular formula is C8H11Cl2N3. The van der Waals surface area contributed by atoms with Gasteiger partial charge in [-0.1, -0.05) is 44.0 Å². The van der Waals surface area contributed by atoms with E-state index in [0.717, 1.165) is 5.56 Å². The van der Waals surface area contributed by atoms with Crippen LogP contribution in [-0.2, 0) is 5.41 Å². The summed E-state index contributed by atoms with van der Waals surface area (Å²) in [5, 5.41) is 0.648. The first kappa shape index (κ1) is 10.5. The fourth-order valence-electron chi connectivity index (χ4n) is 1.04. The molecule has 0 radical (unpaired) electrons. The topological polar surface area (TPSA) is 51.8 Å². The second kappa shape index (κ2) is 3.31. The van der Waals surface area contributed by atoms with E-state index in [1.54, 1.807) is 0 Å². The van der Waals surface area contributed by atoms with Gasteiger partial charge in [0.25, 0.3) is 0 Å². The Morgan fingerprint density at radius 3 is 1.77 bits per heavy atom. The van der Waals surface area contributed by atoms with Crippen molar-refractivity contribution in [2.75, 3.05) is 5.73 Å². The highest BCUT2D eigenvalue weighted by Gasteiger charge is 2.23. The molecule has 5 heteroatoms. The lowest BCUT2D eigenvalue weighted by Gasteiger charge is -2.20. The van der Waals surface area contributed by atoms with E-state index in [-0.39, 0.29) is 11.4 Å². The van der Waals surface area contributed by atoms with Crippen molar-refractivity contribution < 1.29 is 0 Å². The largest absolute Gasteiger partial charge is 0.368 e. The zero-order valence-corrected chi connectivity index (χ0v) is 9.24. The molecule has 0 amide bonds. The van der Waals surface area contributed by atoms with Crippen LogP contribution >= 0.6 is 23.2 Å². The van der Waals surface area contributed by atoms with E-state index in [2.05, 4.69) is 9.97 Å². The highest BCUT2D eigenvalue weighted by molar-refractivity contribution is 6.34. The van der Waals surface area contributed by atoms with Gasteiger partial charge in [-0.2, -0.15) is 0 Å². The zero-order valence-electron chi connectivity index (χ0n) is 7.73. The van der Waals surface area contributed by atoms with Crippen molar-refractivity contribution in [1.29, 1.82) is 0 Å². The van der Waals surface area contributed by atoms with Crippen LogP contribution in [0.4, 0.5) is 5.95 Å². The molecule has 1 heterocycles. The monoisotopic (exact) mass is 219 g/mol. The Hall–Kier alpha value is -0.540. The number of hydrogen-bond acceptors (Lipinski definition) is 3. The fraction of sp³-hybridized carbons (Fsp3) is 0.500. The van der Waals surface area contributed by atoms with Crippen LogP contribution in [0.2, 0.25) is 10.3 Å². The quantitative estimate of drug-likeness (QED) is 0.683. The van der Waals surface area contributed by atoms with Gasteiger partial charge in [0, 0.05) is 5.56 Å². The van der Waals surface area contributed by atoms with Gasteiger partial charge in [-0.15, -0.1) is 0 Å². The molecule has 0 spiro atoms. The number of aromatic nitrogens is 2. The predicted molar refractivity (Wildman–Crippen MR) is 55.2 cm³/mol. The van der Waals surface area contributed by atoms with Crippen molar-refractivity contribution in [2.24, 2.45) is 0 Å². The smallest absolute Gasteiger partial charge is 0.222 e. The molecule has 1 aromatic heterocycles. The van der Waals surface area contributed by atoms with E-state index in [4.69, 9.17) is 28.9 Å². The Morgan fingerprint density at radius 2 is 1.46 bits per heavy atom. The SMILES string of the molecule is CC(C)(C)c1c(Cl)nc(N)nc1Cl. The Kier molecular flexibility index (Phi) is 2.68. The fourth-order valence-corrected chi connectivity index (χ4v) is 2.01. The summed E-state index contributed by atoms with van der Waals surface area (Å²) in [6.45, 7) is 5.96. The third kappa shape index (κ3) is 2.23. The Morgan fingerprint density at radius 1 is 1.08 bits per heavy atom. The lowest BCUT2D eigenvalue weighted by molar-refractivity contribution is 0.585. The minimum absolute atomic E-state index is 0.100. The van der Waals surface area contributed by atoms with E-state index < -0.39 is 0 Å². The van der Waals surface area contributed by atoms with Crippen LogP contribution in [0.1, 0.15) is 26.3 Å². The Balaban J connectivity index is 3.38. The van der Waals surface area contributed by atoms with Gasteiger partial charge in [0.2, 0.25) is 5.95 Å². The average molecular weight is 220 g/mol. The molecule has 0 unspecified atom stereocenters. The molecule has 1 rings (SSSR count). The molecule has 0 fully saturated rings. The molecule has 1 aromatic rings. The first-order chi connectivity index (χ1) is 5.82. The van der Waals surface area contributed by atoms with Crippen LogP contribution in [0.25, 0.3) is 0 Å².